The van der Waals surface area contributed by atoms with E-state index < -0.39 is 11.6 Å². The zero-order valence-corrected chi connectivity index (χ0v) is 13.4. The predicted octanol–water partition coefficient (Wildman–Crippen LogP) is 1.27. The van der Waals surface area contributed by atoms with Crippen LogP contribution in [0.4, 0.5) is 4.79 Å². The number of amides is 1. The van der Waals surface area contributed by atoms with E-state index in [9.17, 15) is 9.90 Å². The summed E-state index contributed by atoms with van der Waals surface area (Å²) in [7, 11) is 1.58. The molecule has 126 valence electrons. The van der Waals surface area contributed by atoms with Gasteiger partial charge in [0.2, 0.25) is 0 Å². The molecule has 2 saturated heterocycles. The fourth-order valence-electron chi connectivity index (χ4n) is 2.99. The van der Waals surface area contributed by atoms with Crippen LogP contribution >= 0.6 is 0 Å². The molecule has 0 spiro atoms. The molecule has 7 nitrogen and oxygen atoms in total. The molecule has 0 aliphatic carbocycles. The van der Waals surface area contributed by atoms with Gasteiger partial charge in [0.05, 0.1) is 25.9 Å². The van der Waals surface area contributed by atoms with Crippen molar-refractivity contribution in [3.63, 3.8) is 0 Å². The molecule has 2 N–H and O–H groups in total. The van der Waals surface area contributed by atoms with Crippen LogP contribution in [0.15, 0.2) is 18.2 Å². The van der Waals surface area contributed by atoms with E-state index in [1.165, 1.54) is 4.90 Å². The SMILES string of the molecule is COc1cc(C2(C)CNCCN2C(=O)O)ccc1OC1COC1. The number of methoxy groups -OCH3 is 1. The molecular formula is C16H22N2O5. The predicted molar refractivity (Wildman–Crippen MR) is 83.2 cm³/mol. The normalized spacial score (nSPS) is 24.9. The van der Waals surface area contributed by atoms with Crippen LogP contribution < -0.4 is 14.8 Å². The maximum absolute atomic E-state index is 11.6. The minimum absolute atomic E-state index is 0.0530. The van der Waals surface area contributed by atoms with Crippen LogP contribution in [0.2, 0.25) is 0 Å². The molecule has 0 aromatic heterocycles. The zero-order chi connectivity index (χ0) is 16.4. The van der Waals surface area contributed by atoms with Gasteiger partial charge in [-0.2, -0.15) is 0 Å². The van der Waals surface area contributed by atoms with Crippen molar-refractivity contribution >= 4 is 6.09 Å². The maximum atomic E-state index is 11.6. The molecule has 1 aromatic carbocycles. The lowest BCUT2D eigenvalue weighted by Gasteiger charge is -2.44. The van der Waals surface area contributed by atoms with E-state index in [0.717, 1.165) is 5.56 Å². The Morgan fingerprint density at radius 2 is 2.22 bits per heavy atom. The Balaban J connectivity index is 1.90. The lowest BCUT2D eigenvalue weighted by atomic mass is 9.88. The fraction of sp³-hybridized carbons (Fsp3) is 0.562. The quantitative estimate of drug-likeness (QED) is 0.869. The summed E-state index contributed by atoms with van der Waals surface area (Å²) >= 11 is 0. The first-order valence-electron chi connectivity index (χ1n) is 7.69. The van der Waals surface area contributed by atoms with Crippen molar-refractivity contribution in [2.45, 2.75) is 18.6 Å². The van der Waals surface area contributed by atoms with Crippen LogP contribution in [0, 0.1) is 0 Å². The molecule has 2 fully saturated rings. The summed E-state index contributed by atoms with van der Waals surface area (Å²) < 4.78 is 16.4. The second kappa shape index (κ2) is 6.25. The summed E-state index contributed by atoms with van der Waals surface area (Å²) in [6.45, 7) is 4.74. The van der Waals surface area contributed by atoms with Gasteiger partial charge in [0, 0.05) is 19.6 Å². The number of carbonyl (C=O) groups is 1. The van der Waals surface area contributed by atoms with Gasteiger partial charge >= 0.3 is 6.09 Å². The van der Waals surface area contributed by atoms with Crippen molar-refractivity contribution < 1.29 is 24.1 Å². The van der Waals surface area contributed by atoms with Crippen LogP contribution in [-0.2, 0) is 10.3 Å². The van der Waals surface area contributed by atoms with Gasteiger partial charge in [-0.15, -0.1) is 0 Å². The first-order chi connectivity index (χ1) is 11.0. The Morgan fingerprint density at radius 3 is 2.83 bits per heavy atom. The minimum Gasteiger partial charge on any atom is -0.493 e. The van der Waals surface area contributed by atoms with E-state index in [0.29, 0.717) is 44.3 Å². The molecule has 1 atom stereocenters. The zero-order valence-electron chi connectivity index (χ0n) is 13.4. The molecule has 23 heavy (non-hydrogen) atoms. The molecular weight excluding hydrogens is 300 g/mol. The summed E-state index contributed by atoms with van der Waals surface area (Å²) in [4.78, 5) is 13.1. The third kappa shape index (κ3) is 2.94. The molecule has 7 heteroatoms. The van der Waals surface area contributed by atoms with Crippen molar-refractivity contribution in [2.24, 2.45) is 0 Å². The Hall–Kier alpha value is -1.99. The molecule has 2 heterocycles. The van der Waals surface area contributed by atoms with Crippen LogP contribution in [0.5, 0.6) is 11.5 Å². The molecule has 1 amide bonds. The Kier molecular flexibility index (Phi) is 4.32. The number of carboxylic acid groups (broad SMARTS) is 1. The van der Waals surface area contributed by atoms with E-state index >= 15 is 0 Å². The van der Waals surface area contributed by atoms with Crippen molar-refractivity contribution in [3.05, 3.63) is 23.8 Å². The number of piperazine rings is 1. The monoisotopic (exact) mass is 322 g/mol. The Labute approximate surface area is 135 Å². The van der Waals surface area contributed by atoms with Crippen molar-refractivity contribution in [2.75, 3.05) is 40.0 Å². The number of nitrogens with one attached hydrogen (secondary N) is 1. The van der Waals surface area contributed by atoms with Crippen LogP contribution in [0.25, 0.3) is 0 Å². The summed E-state index contributed by atoms with van der Waals surface area (Å²) in [5, 5.41) is 12.8. The number of rotatable bonds is 4. The van der Waals surface area contributed by atoms with Crippen LogP contribution in [0.3, 0.4) is 0 Å². The maximum Gasteiger partial charge on any atom is 0.408 e. The standard InChI is InChI=1S/C16H22N2O5/c1-16(10-17-5-6-18(16)15(19)20)11-3-4-13(14(7-11)21-2)23-12-8-22-9-12/h3-4,7,12,17H,5-6,8-10H2,1-2H3,(H,19,20). The summed E-state index contributed by atoms with van der Waals surface area (Å²) in [5.41, 5.74) is 0.233. The first-order valence-corrected chi connectivity index (χ1v) is 7.69. The minimum atomic E-state index is -0.917. The molecule has 2 aliphatic heterocycles. The number of ether oxygens (including phenoxy) is 3. The highest BCUT2D eigenvalue weighted by atomic mass is 16.6. The highest BCUT2D eigenvalue weighted by Gasteiger charge is 2.39. The third-order valence-corrected chi connectivity index (χ3v) is 4.49. The van der Waals surface area contributed by atoms with Gasteiger partial charge < -0.3 is 24.6 Å². The first kappa shape index (κ1) is 15.9. The van der Waals surface area contributed by atoms with E-state index in [-0.39, 0.29) is 6.10 Å². The number of hydrogen-bond acceptors (Lipinski definition) is 5. The topological polar surface area (TPSA) is 80.3 Å². The largest absolute Gasteiger partial charge is 0.493 e. The van der Waals surface area contributed by atoms with E-state index in [4.69, 9.17) is 14.2 Å². The fourth-order valence-corrected chi connectivity index (χ4v) is 2.99. The van der Waals surface area contributed by atoms with Crippen molar-refractivity contribution in [3.8, 4) is 11.5 Å². The van der Waals surface area contributed by atoms with Gasteiger partial charge in [0.25, 0.3) is 0 Å². The van der Waals surface area contributed by atoms with E-state index in [2.05, 4.69) is 5.32 Å². The second-order valence-corrected chi connectivity index (χ2v) is 6.03. The summed E-state index contributed by atoms with van der Waals surface area (Å²) in [6, 6.07) is 5.60. The molecule has 3 rings (SSSR count). The highest BCUT2D eigenvalue weighted by Crippen LogP contribution is 2.36. The van der Waals surface area contributed by atoms with Gasteiger partial charge in [-0.05, 0) is 24.6 Å². The smallest absolute Gasteiger partial charge is 0.408 e. The highest BCUT2D eigenvalue weighted by molar-refractivity contribution is 5.67. The lowest BCUT2D eigenvalue weighted by molar-refractivity contribution is -0.0803. The van der Waals surface area contributed by atoms with Crippen molar-refractivity contribution in [1.82, 2.24) is 10.2 Å². The molecule has 2 aliphatic rings. The van der Waals surface area contributed by atoms with Gasteiger partial charge in [0.1, 0.15) is 6.10 Å². The number of nitrogens with zero attached hydrogens (tertiary/aromatic N) is 1. The van der Waals surface area contributed by atoms with Gasteiger partial charge in [-0.25, -0.2) is 4.79 Å². The number of benzene rings is 1. The van der Waals surface area contributed by atoms with Gasteiger partial charge in [-0.3, -0.25) is 4.90 Å². The Bertz CT molecular complexity index is 590. The molecule has 1 aromatic rings. The van der Waals surface area contributed by atoms with E-state index in [1.807, 2.05) is 25.1 Å². The second-order valence-electron chi connectivity index (χ2n) is 6.03. The lowest BCUT2D eigenvalue weighted by Crippen LogP contribution is -2.59. The average Bonchev–Trinajstić information content (AvgIpc) is 2.51. The van der Waals surface area contributed by atoms with Crippen molar-refractivity contribution in [1.29, 1.82) is 0 Å². The molecule has 0 bridgehead atoms. The summed E-state index contributed by atoms with van der Waals surface area (Å²) in [6.07, 6.45) is -0.864. The van der Waals surface area contributed by atoms with Gasteiger partial charge in [0.15, 0.2) is 11.5 Å². The van der Waals surface area contributed by atoms with Crippen LogP contribution in [0.1, 0.15) is 12.5 Å². The molecule has 1 unspecified atom stereocenters. The number of hydrogen-bond donors (Lipinski definition) is 2. The molecule has 0 radical (unpaired) electrons. The third-order valence-electron chi connectivity index (χ3n) is 4.49. The molecule has 0 saturated carbocycles. The van der Waals surface area contributed by atoms with Crippen LogP contribution in [-0.4, -0.2) is 62.2 Å². The van der Waals surface area contributed by atoms with Gasteiger partial charge in [-0.1, -0.05) is 6.07 Å². The Morgan fingerprint density at radius 1 is 1.43 bits per heavy atom. The summed E-state index contributed by atoms with van der Waals surface area (Å²) in [5.74, 6) is 1.25. The van der Waals surface area contributed by atoms with E-state index in [1.54, 1.807) is 7.11 Å². The average molecular weight is 322 g/mol.